The predicted octanol–water partition coefficient (Wildman–Crippen LogP) is 2.61. The molecule has 2 atom stereocenters. The largest absolute Gasteiger partial charge is 0.481 e. The zero-order valence-corrected chi connectivity index (χ0v) is 11.2. The average Bonchev–Trinajstić information content (AvgIpc) is 2.62. The maximum atomic E-state index is 10.9. The lowest BCUT2D eigenvalue weighted by molar-refractivity contribution is -0.138. The molecule has 2 bridgehead atoms. The molecule has 0 aliphatic carbocycles. The highest BCUT2D eigenvalue weighted by Crippen LogP contribution is 2.41. The van der Waals surface area contributed by atoms with Crippen molar-refractivity contribution in [3.05, 3.63) is 23.9 Å². The van der Waals surface area contributed by atoms with Crippen molar-refractivity contribution >= 4 is 11.8 Å². The maximum absolute atomic E-state index is 10.9. The minimum Gasteiger partial charge on any atom is -0.481 e. The molecule has 4 nitrogen and oxygen atoms in total. The predicted molar refractivity (Wildman–Crippen MR) is 73.2 cm³/mol. The Kier molecular flexibility index (Phi) is 3.17. The Morgan fingerprint density at radius 1 is 1.37 bits per heavy atom. The van der Waals surface area contributed by atoms with E-state index in [0.717, 1.165) is 18.7 Å². The zero-order valence-electron chi connectivity index (χ0n) is 11.2. The molecular formula is C15H20N2O2. The van der Waals surface area contributed by atoms with Gasteiger partial charge >= 0.3 is 5.97 Å². The van der Waals surface area contributed by atoms with Gasteiger partial charge in [-0.2, -0.15) is 0 Å². The number of aromatic nitrogens is 1. The van der Waals surface area contributed by atoms with Gasteiger partial charge in [-0.05, 0) is 50.2 Å². The molecule has 1 aromatic heterocycles. The summed E-state index contributed by atoms with van der Waals surface area (Å²) in [5.41, 5.74) is 1.18. The molecule has 3 heterocycles. The first-order valence-corrected chi connectivity index (χ1v) is 7.06. The summed E-state index contributed by atoms with van der Waals surface area (Å²) in [4.78, 5) is 17.8. The van der Waals surface area contributed by atoms with Crippen molar-refractivity contribution in [3.63, 3.8) is 0 Å². The highest BCUT2D eigenvalue weighted by Gasteiger charge is 2.41. The van der Waals surface area contributed by atoms with Crippen LogP contribution in [-0.4, -0.2) is 28.1 Å². The van der Waals surface area contributed by atoms with E-state index in [1.54, 1.807) is 0 Å². The number of carbonyl (C=O) groups is 1. The Labute approximate surface area is 113 Å². The number of carboxylic acid groups (broad SMARTS) is 1. The van der Waals surface area contributed by atoms with Crippen molar-refractivity contribution < 1.29 is 9.90 Å². The van der Waals surface area contributed by atoms with E-state index in [9.17, 15) is 4.79 Å². The minimum absolute atomic E-state index is 0.322. The first-order chi connectivity index (χ1) is 9.13. The number of hydrogen-bond acceptors (Lipinski definition) is 3. The lowest BCUT2D eigenvalue weighted by atomic mass is 9.88. The third kappa shape index (κ3) is 2.44. The van der Waals surface area contributed by atoms with Gasteiger partial charge in [0, 0.05) is 24.7 Å². The van der Waals surface area contributed by atoms with E-state index in [4.69, 9.17) is 5.11 Å². The van der Waals surface area contributed by atoms with Crippen molar-refractivity contribution in [2.45, 2.75) is 51.1 Å². The van der Waals surface area contributed by atoms with Crippen molar-refractivity contribution in [2.24, 2.45) is 5.92 Å². The quantitative estimate of drug-likeness (QED) is 0.907. The minimum atomic E-state index is -0.661. The van der Waals surface area contributed by atoms with Gasteiger partial charge in [0.1, 0.15) is 5.82 Å². The molecule has 0 radical (unpaired) electrons. The SMILES string of the molecule is Cc1ccc(N2C3CCC2CC(CC(=O)O)C3)nc1. The number of nitrogens with zero attached hydrogens (tertiary/aromatic N) is 2. The smallest absolute Gasteiger partial charge is 0.303 e. The Morgan fingerprint density at radius 2 is 2.05 bits per heavy atom. The molecule has 0 saturated carbocycles. The van der Waals surface area contributed by atoms with Gasteiger partial charge in [-0.3, -0.25) is 4.79 Å². The molecule has 2 aliphatic heterocycles. The van der Waals surface area contributed by atoms with Crippen molar-refractivity contribution in [1.82, 2.24) is 4.98 Å². The Balaban J connectivity index is 1.76. The third-order valence-corrected chi connectivity index (χ3v) is 4.45. The van der Waals surface area contributed by atoms with E-state index in [-0.39, 0.29) is 0 Å². The van der Waals surface area contributed by atoms with E-state index < -0.39 is 5.97 Å². The van der Waals surface area contributed by atoms with Gasteiger partial charge in [-0.25, -0.2) is 4.98 Å². The number of fused-ring (bicyclic) bond motifs is 2. The fourth-order valence-corrected chi connectivity index (χ4v) is 3.69. The Bertz CT molecular complexity index is 458. The van der Waals surface area contributed by atoms with Gasteiger partial charge < -0.3 is 10.0 Å². The Hall–Kier alpha value is -1.58. The van der Waals surface area contributed by atoms with Crippen LogP contribution in [0.2, 0.25) is 0 Å². The van der Waals surface area contributed by atoms with E-state index in [1.165, 1.54) is 18.4 Å². The molecule has 19 heavy (non-hydrogen) atoms. The fraction of sp³-hybridized carbons (Fsp3) is 0.600. The summed E-state index contributed by atoms with van der Waals surface area (Å²) in [7, 11) is 0. The molecule has 102 valence electrons. The van der Waals surface area contributed by atoms with Crippen LogP contribution in [-0.2, 0) is 4.79 Å². The summed E-state index contributed by atoms with van der Waals surface area (Å²) in [5.74, 6) is 0.745. The number of pyridine rings is 1. The molecule has 1 aromatic rings. The number of aliphatic carboxylic acids is 1. The second-order valence-corrected chi connectivity index (χ2v) is 5.92. The van der Waals surface area contributed by atoms with Gasteiger partial charge in [0.2, 0.25) is 0 Å². The second kappa shape index (κ2) is 4.83. The van der Waals surface area contributed by atoms with Gasteiger partial charge in [0.05, 0.1) is 0 Å². The molecule has 4 heteroatoms. The van der Waals surface area contributed by atoms with Gasteiger partial charge in [-0.1, -0.05) is 6.07 Å². The normalized spacial score (nSPS) is 29.5. The summed E-state index contributed by atoms with van der Waals surface area (Å²) < 4.78 is 0. The molecule has 0 amide bonds. The van der Waals surface area contributed by atoms with Crippen LogP contribution in [0.5, 0.6) is 0 Å². The zero-order chi connectivity index (χ0) is 13.4. The van der Waals surface area contributed by atoms with Gasteiger partial charge in [0.15, 0.2) is 0 Å². The molecule has 2 saturated heterocycles. The summed E-state index contributed by atoms with van der Waals surface area (Å²) >= 11 is 0. The van der Waals surface area contributed by atoms with Crippen LogP contribution in [0, 0.1) is 12.8 Å². The van der Waals surface area contributed by atoms with E-state index in [2.05, 4.69) is 22.0 Å². The first-order valence-electron chi connectivity index (χ1n) is 7.06. The standard InChI is InChI=1S/C15H20N2O2/c1-10-2-5-14(16-9-10)17-12-3-4-13(17)7-11(6-12)8-15(18)19/h2,5,9,11-13H,3-4,6-8H2,1H3,(H,18,19). The van der Waals surface area contributed by atoms with E-state index in [1.807, 2.05) is 13.1 Å². The highest BCUT2D eigenvalue weighted by atomic mass is 16.4. The molecule has 3 rings (SSSR count). The maximum Gasteiger partial charge on any atom is 0.303 e. The van der Waals surface area contributed by atoms with Crippen molar-refractivity contribution in [2.75, 3.05) is 4.90 Å². The van der Waals surface area contributed by atoms with Crippen LogP contribution >= 0.6 is 0 Å². The van der Waals surface area contributed by atoms with Crippen LogP contribution in [0.3, 0.4) is 0 Å². The monoisotopic (exact) mass is 260 g/mol. The van der Waals surface area contributed by atoms with Gasteiger partial charge in [-0.15, -0.1) is 0 Å². The van der Waals surface area contributed by atoms with Crippen LogP contribution in [0.15, 0.2) is 18.3 Å². The number of anilines is 1. The third-order valence-electron chi connectivity index (χ3n) is 4.45. The summed E-state index contributed by atoms with van der Waals surface area (Å²) in [6.07, 6.45) is 6.59. The van der Waals surface area contributed by atoms with Crippen LogP contribution in [0.1, 0.15) is 37.7 Å². The van der Waals surface area contributed by atoms with Crippen molar-refractivity contribution in [3.8, 4) is 0 Å². The summed E-state index contributed by atoms with van der Waals surface area (Å²) in [5, 5.41) is 8.95. The molecule has 2 fully saturated rings. The summed E-state index contributed by atoms with van der Waals surface area (Å²) in [6, 6.07) is 5.17. The van der Waals surface area contributed by atoms with Crippen LogP contribution < -0.4 is 4.90 Å². The second-order valence-electron chi connectivity index (χ2n) is 5.92. The van der Waals surface area contributed by atoms with Crippen LogP contribution in [0.25, 0.3) is 0 Å². The molecule has 2 unspecified atom stereocenters. The fourth-order valence-electron chi connectivity index (χ4n) is 3.69. The summed E-state index contributed by atoms with van der Waals surface area (Å²) in [6.45, 7) is 2.05. The van der Waals surface area contributed by atoms with E-state index >= 15 is 0 Å². The lowest BCUT2D eigenvalue weighted by Crippen LogP contribution is -2.43. The van der Waals surface area contributed by atoms with Gasteiger partial charge in [0.25, 0.3) is 0 Å². The number of aryl methyl sites for hydroxylation is 1. The van der Waals surface area contributed by atoms with Crippen LogP contribution in [0.4, 0.5) is 5.82 Å². The highest BCUT2D eigenvalue weighted by molar-refractivity contribution is 5.67. The lowest BCUT2D eigenvalue weighted by Gasteiger charge is -2.39. The number of rotatable bonds is 3. The average molecular weight is 260 g/mol. The Morgan fingerprint density at radius 3 is 2.58 bits per heavy atom. The molecule has 1 N–H and O–H groups in total. The molecular weight excluding hydrogens is 240 g/mol. The molecule has 0 spiro atoms. The van der Waals surface area contributed by atoms with E-state index in [0.29, 0.717) is 24.4 Å². The number of piperidine rings is 1. The molecule has 0 aromatic carbocycles. The first kappa shape index (κ1) is 12.5. The van der Waals surface area contributed by atoms with Crippen molar-refractivity contribution in [1.29, 1.82) is 0 Å². The topological polar surface area (TPSA) is 53.4 Å². The number of carboxylic acids is 1. The number of hydrogen-bond donors (Lipinski definition) is 1. The molecule has 2 aliphatic rings.